The van der Waals surface area contributed by atoms with Crippen LogP contribution in [0.5, 0.6) is 0 Å². The van der Waals surface area contributed by atoms with Gasteiger partial charge in [0.2, 0.25) is 0 Å². The molecular weight excluding hydrogens is 218 g/mol. The average molecular weight is 243 g/mol. The molecule has 1 aliphatic heterocycles. The highest BCUT2D eigenvalue weighted by Gasteiger charge is 2.57. The van der Waals surface area contributed by atoms with Crippen molar-refractivity contribution in [2.45, 2.75) is 51.8 Å². The molecule has 16 heavy (non-hydrogen) atoms. The summed E-state index contributed by atoms with van der Waals surface area (Å²) >= 11 is 1.92. The van der Waals surface area contributed by atoms with Crippen molar-refractivity contribution in [3.63, 3.8) is 0 Å². The fourth-order valence-electron chi connectivity index (χ4n) is 3.47. The average Bonchev–Trinajstić information content (AvgIpc) is 2.26. The number of thioether (sulfide) groups is 1. The van der Waals surface area contributed by atoms with Crippen LogP contribution in [-0.4, -0.2) is 36.8 Å². The van der Waals surface area contributed by atoms with E-state index in [0.29, 0.717) is 23.6 Å². The molecule has 2 rings (SSSR count). The zero-order valence-electron chi connectivity index (χ0n) is 11.0. The van der Waals surface area contributed by atoms with Gasteiger partial charge in [0.25, 0.3) is 0 Å². The number of hydrogen-bond acceptors (Lipinski definition) is 3. The Morgan fingerprint density at radius 2 is 2.25 bits per heavy atom. The first-order valence-electron chi connectivity index (χ1n) is 6.44. The van der Waals surface area contributed by atoms with Crippen LogP contribution in [0.1, 0.15) is 33.6 Å². The zero-order chi connectivity index (χ0) is 11.8. The molecule has 0 spiro atoms. The summed E-state index contributed by atoms with van der Waals surface area (Å²) in [5.74, 6) is 1.96. The largest absolute Gasteiger partial charge is 0.377 e. The van der Waals surface area contributed by atoms with Gasteiger partial charge < -0.3 is 10.1 Å². The molecule has 2 fully saturated rings. The molecule has 2 aliphatic rings. The maximum atomic E-state index is 5.92. The summed E-state index contributed by atoms with van der Waals surface area (Å²) in [5, 5.41) is 3.81. The Bertz CT molecular complexity index is 244. The van der Waals surface area contributed by atoms with Gasteiger partial charge in [0.1, 0.15) is 0 Å². The van der Waals surface area contributed by atoms with Crippen LogP contribution in [-0.2, 0) is 4.74 Å². The molecule has 1 aliphatic carbocycles. The van der Waals surface area contributed by atoms with Gasteiger partial charge in [-0.1, -0.05) is 13.8 Å². The van der Waals surface area contributed by atoms with Crippen molar-refractivity contribution < 1.29 is 4.74 Å². The summed E-state index contributed by atoms with van der Waals surface area (Å²) in [5.41, 5.74) is 0.317. The first kappa shape index (κ1) is 12.7. The van der Waals surface area contributed by atoms with Crippen molar-refractivity contribution in [3.8, 4) is 0 Å². The third-order valence-corrected chi connectivity index (χ3v) is 5.05. The van der Waals surface area contributed by atoms with Crippen LogP contribution in [0.15, 0.2) is 0 Å². The molecule has 1 heterocycles. The quantitative estimate of drug-likeness (QED) is 0.820. The first-order valence-corrected chi connectivity index (χ1v) is 7.83. The Labute approximate surface area is 104 Å². The molecule has 0 radical (unpaired) electrons. The van der Waals surface area contributed by atoms with E-state index in [2.05, 4.69) is 32.3 Å². The third-order valence-electron chi connectivity index (χ3n) is 4.21. The van der Waals surface area contributed by atoms with Crippen molar-refractivity contribution in [1.29, 1.82) is 0 Å². The van der Waals surface area contributed by atoms with Gasteiger partial charge >= 0.3 is 0 Å². The van der Waals surface area contributed by atoms with E-state index in [1.54, 1.807) is 0 Å². The predicted octanol–water partition coefficient (Wildman–Crippen LogP) is 2.53. The van der Waals surface area contributed by atoms with Crippen LogP contribution >= 0.6 is 11.8 Å². The second kappa shape index (κ2) is 4.87. The number of nitrogens with one attached hydrogen (secondary N) is 1. The lowest BCUT2D eigenvalue weighted by atomic mass is 9.55. The molecule has 3 heteroatoms. The SMILES string of the molecule is CSCC(C)NC1C2CCCOC2C1(C)C. The van der Waals surface area contributed by atoms with Crippen molar-refractivity contribution in [3.05, 3.63) is 0 Å². The third kappa shape index (κ3) is 2.14. The van der Waals surface area contributed by atoms with E-state index in [1.165, 1.54) is 18.6 Å². The summed E-state index contributed by atoms with van der Waals surface area (Å²) in [6.07, 6.45) is 5.26. The van der Waals surface area contributed by atoms with Crippen LogP contribution in [0, 0.1) is 11.3 Å². The van der Waals surface area contributed by atoms with Gasteiger partial charge in [-0.3, -0.25) is 0 Å². The van der Waals surface area contributed by atoms with Crippen molar-refractivity contribution >= 4 is 11.8 Å². The minimum atomic E-state index is 0.317. The molecule has 1 saturated carbocycles. The highest BCUT2D eigenvalue weighted by molar-refractivity contribution is 7.98. The summed E-state index contributed by atoms with van der Waals surface area (Å²) in [6, 6.07) is 1.27. The van der Waals surface area contributed by atoms with Gasteiger partial charge in [0, 0.05) is 35.8 Å². The van der Waals surface area contributed by atoms with E-state index in [1.807, 2.05) is 11.8 Å². The van der Waals surface area contributed by atoms with E-state index >= 15 is 0 Å². The number of ether oxygens (including phenoxy) is 1. The predicted molar refractivity (Wildman–Crippen MR) is 71.0 cm³/mol. The van der Waals surface area contributed by atoms with E-state index in [9.17, 15) is 0 Å². The van der Waals surface area contributed by atoms with Crippen molar-refractivity contribution in [2.24, 2.45) is 11.3 Å². The van der Waals surface area contributed by atoms with Gasteiger partial charge in [-0.2, -0.15) is 11.8 Å². The lowest BCUT2D eigenvalue weighted by molar-refractivity contribution is -0.193. The van der Waals surface area contributed by atoms with E-state index in [4.69, 9.17) is 4.74 Å². The standard InChI is InChI=1S/C13H25NOS/c1-9(8-16-4)14-11-10-6-5-7-15-12(10)13(11,2)3/h9-12,14H,5-8H2,1-4H3. The van der Waals surface area contributed by atoms with E-state index < -0.39 is 0 Å². The molecule has 1 saturated heterocycles. The maximum Gasteiger partial charge on any atom is 0.0684 e. The molecule has 0 bridgehead atoms. The van der Waals surface area contributed by atoms with Gasteiger partial charge in [0.05, 0.1) is 6.10 Å². The van der Waals surface area contributed by atoms with Gasteiger partial charge in [0.15, 0.2) is 0 Å². The van der Waals surface area contributed by atoms with Gasteiger partial charge in [-0.15, -0.1) is 0 Å². The molecule has 2 nitrogen and oxygen atoms in total. The number of rotatable bonds is 4. The Balaban J connectivity index is 1.93. The second-order valence-corrected chi connectivity index (χ2v) is 6.83. The Morgan fingerprint density at radius 3 is 2.94 bits per heavy atom. The summed E-state index contributed by atoms with van der Waals surface area (Å²) in [7, 11) is 0. The molecule has 0 aromatic heterocycles. The Hall–Kier alpha value is 0.270. The molecule has 0 aromatic rings. The normalized spacial score (nSPS) is 38.6. The van der Waals surface area contributed by atoms with Crippen molar-refractivity contribution in [2.75, 3.05) is 18.6 Å². The topological polar surface area (TPSA) is 21.3 Å². The van der Waals surface area contributed by atoms with E-state index in [-0.39, 0.29) is 0 Å². The lowest BCUT2D eigenvalue weighted by Gasteiger charge is -2.60. The monoisotopic (exact) mass is 243 g/mol. The van der Waals surface area contributed by atoms with Crippen LogP contribution in [0.3, 0.4) is 0 Å². The molecule has 4 unspecified atom stereocenters. The summed E-state index contributed by atoms with van der Waals surface area (Å²) < 4.78 is 5.92. The fraction of sp³-hybridized carbons (Fsp3) is 1.00. The molecule has 0 aromatic carbocycles. The van der Waals surface area contributed by atoms with E-state index in [0.717, 1.165) is 12.5 Å². The Morgan fingerprint density at radius 1 is 1.50 bits per heavy atom. The van der Waals surface area contributed by atoms with Gasteiger partial charge in [-0.25, -0.2) is 0 Å². The number of hydrogen-bond donors (Lipinski definition) is 1. The molecule has 94 valence electrons. The van der Waals surface area contributed by atoms with Gasteiger partial charge in [-0.05, 0) is 26.0 Å². The highest BCUT2D eigenvalue weighted by atomic mass is 32.2. The lowest BCUT2D eigenvalue weighted by Crippen LogP contribution is -2.70. The van der Waals surface area contributed by atoms with Crippen LogP contribution < -0.4 is 5.32 Å². The summed E-state index contributed by atoms with van der Waals surface area (Å²) in [6.45, 7) is 7.97. The minimum absolute atomic E-state index is 0.317. The molecule has 0 amide bonds. The smallest absolute Gasteiger partial charge is 0.0684 e. The number of fused-ring (bicyclic) bond motifs is 1. The van der Waals surface area contributed by atoms with Crippen LogP contribution in [0.25, 0.3) is 0 Å². The Kier molecular flexibility index (Phi) is 3.87. The maximum absolute atomic E-state index is 5.92. The molecular formula is C13H25NOS. The fourth-order valence-corrected chi connectivity index (χ4v) is 4.06. The minimum Gasteiger partial charge on any atom is -0.377 e. The molecule has 4 atom stereocenters. The van der Waals surface area contributed by atoms with Crippen molar-refractivity contribution in [1.82, 2.24) is 5.32 Å². The zero-order valence-corrected chi connectivity index (χ0v) is 11.8. The first-order chi connectivity index (χ1) is 7.57. The second-order valence-electron chi connectivity index (χ2n) is 5.92. The highest BCUT2D eigenvalue weighted by Crippen LogP contribution is 2.51. The van der Waals surface area contributed by atoms with Crippen LogP contribution in [0.4, 0.5) is 0 Å². The molecule has 1 N–H and O–H groups in total. The van der Waals surface area contributed by atoms with Crippen LogP contribution in [0.2, 0.25) is 0 Å². The summed E-state index contributed by atoms with van der Waals surface area (Å²) in [4.78, 5) is 0.